The van der Waals surface area contributed by atoms with Gasteiger partial charge in [0, 0.05) is 23.5 Å². The lowest BCUT2D eigenvalue weighted by Crippen LogP contribution is -2.24. The van der Waals surface area contributed by atoms with Gasteiger partial charge in [0.05, 0.1) is 26.5 Å². The van der Waals surface area contributed by atoms with Crippen molar-refractivity contribution in [3.8, 4) is 22.8 Å². The highest BCUT2D eigenvalue weighted by Gasteiger charge is 2.17. The van der Waals surface area contributed by atoms with Gasteiger partial charge in [-0.25, -0.2) is 4.52 Å². The first-order valence-corrected chi connectivity index (χ1v) is 9.56. The molecule has 0 unspecified atom stereocenters. The third-order valence-electron chi connectivity index (χ3n) is 5.12. The molecule has 4 aromatic rings. The molecule has 7 heteroatoms. The van der Waals surface area contributed by atoms with Gasteiger partial charge in [-0.05, 0) is 31.2 Å². The third-order valence-corrected chi connectivity index (χ3v) is 5.12. The van der Waals surface area contributed by atoms with E-state index in [1.807, 2.05) is 31.2 Å². The highest BCUT2D eigenvalue weighted by molar-refractivity contribution is 5.65. The molecule has 0 aliphatic carbocycles. The van der Waals surface area contributed by atoms with Gasteiger partial charge in [-0.2, -0.15) is 5.10 Å². The van der Waals surface area contributed by atoms with Crippen molar-refractivity contribution < 1.29 is 14.6 Å². The highest BCUT2D eigenvalue weighted by Crippen LogP contribution is 2.30. The minimum Gasteiger partial charge on any atom is -0.497 e. The van der Waals surface area contributed by atoms with Crippen LogP contribution in [0.15, 0.2) is 65.7 Å². The maximum Gasteiger partial charge on any atom is 0.276 e. The number of nitrogens with zero attached hydrogens (tertiary/aromatic N) is 3. The van der Waals surface area contributed by atoms with E-state index in [1.165, 1.54) is 11.7 Å². The molecule has 2 aromatic heterocycles. The molecule has 0 fully saturated rings. The molecule has 1 atom stereocenters. The molecule has 0 aliphatic rings. The average molecular weight is 405 g/mol. The summed E-state index contributed by atoms with van der Waals surface area (Å²) in [5.74, 6) is 1.13. The summed E-state index contributed by atoms with van der Waals surface area (Å²) in [5, 5.41) is 15.3. The molecule has 2 heterocycles. The molecule has 0 bridgehead atoms. The van der Waals surface area contributed by atoms with Gasteiger partial charge in [-0.15, -0.1) is 0 Å². The van der Waals surface area contributed by atoms with Crippen molar-refractivity contribution in [1.82, 2.24) is 14.2 Å². The van der Waals surface area contributed by atoms with Crippen molar-refractivity contribution in [2.45, 2.75) is 19.6 Å². The van der Waals surface area contributed by atoms with Gasteiger partial charge in [-0.3, -0.25) is 4.79 Å². The number of aromatic nitrogens is 3. The van der Waals surface area contributed by atoms with Crippen molar-refractivity contribution in [3.05, 3.63) is 82.4 Å². The Labute approximate surface area is 173 Å². The molecule has 0 saturated heterocycles. The van der Waals surface area contributed by atoms with Crippen molar-refractivity contribution in [2.24, 2.45) is 0 Å². The Morgan fingerprint density at radius 2 is 1.80 bits per heavy atom. The number of rotatable bonds is 6. The van der Waals surface area contributed by atoms with Crippen molar-refractivity contribution in [2.75, 3.05) is 14.2 Å². The van der Waals surface area contributed by atoms with Crippen LogP contribution in [-0.4, -0.2) is 33.5 Å². The van der Waals surface area contributed by atoms with Gasteiger partial charge in [0.1, 0.15) is 23.1 Å². The van der Waals surface area contributed by atoms with Crippen molar-refractivity contribution in [1.29, 1.82) is 0 Å². The van der Waals surface area contributed by atoms with E-state index in [4.69, 9.17) is 9.47 Å². The first-order chi connectivity index (χ1) is 14.5. The van der Waals surface area contributed by atoms with Crippen LogP contribution >= 0.6 is 0 Å². The highest BCUT2D eigenvalue weighted by atomic mass is 16.5. The summed E-state index contributed by atoms with van der Waals surface area (Å²) in [6, 6.07) is 14.9. The largest absolute Gasteiger partial charge is 0.497 e. The van der Waals surface area contributed by atoms with E-state index in [9.17, 15) is 9.90 Å². The van der Waals surface area contributed by atoms with Gasteiger partial charge in [0.15, 0.2) is 0 Å². The number of ether oxygens (including phenoxy) is 2. The quantitative estimate of drug-likeness (QED) is 0.533. The Bertz CT molecular complexity index is 1240. The Kier molecular flexibility index (Phi) is 5.29. The lowest BCUT2D eigenvalue weighted by molar-refractivity contribution is 0.151. The molecule has 4 rings (SSSR count). The third kappa shape index (κ3) is 3.67. The van der Waals surface area contributed by atoms with E-state index in [0.29, 0.717) is 22.6 Å². The summed E-state index contributed by atoms with van der Waals surface area (Å²) in [7, 11) is 3.09. The van der Waals surface area contributed by atoms with Gasteiger partial charge in [0.25, 0.3) is 5.56 Å². The second-order valence-corrected chi connectivity index (χ2v) is 7.10. The summed E-state index contributed by atoms with van der Waals surface area (Å²) in [5.41, 5.74) is 3.59. The van der Waals surface area contributed by atoms with Crippen molar-refractivity contribution >= 4 is 5.52 Å². The van der Waals surface area contributed by atoms with Crippen LogP contribution < -0.4 is 15.0 Å². The summed E-state index contributed by atoms with van der Waals surface area (Å²) in [6.07, 6.45) is 2.39. The van der Waals surface area contributed by atoms with Crippen LogP contribution in [0.1, 0.15) is 17.2 Å². The zero-order chi connectivity index (χ0) is 21.3. The van der Waals surface area contributed by atoms with Crippen LogP contribution in [0.5, 0.6) is 11.5 Å². The molecule has 0 spiro atoms. The second-order valence-electron chi connectivity index (χ2n) is 7.10. The summed E-state index contributed by atoms with van der Waals surface area (Å²) in [4.78, 5) is 13.0. The molecule has 154 valence electrons. The van der Waals surface area contributed by atoms with Crippen LogP contribution in [0.4, 0.5) is 0 Å². The summed E-state index contributed by atoms with van der Waals surface area (Å²) in [6.45, 7) is 2.10. The molecular weight excluding hydrogens is 382 g/mol. The van der Waals surface area contributed by atoms with E-state index < -0.39 is 6.10 Å². The number of aliphatic hydroxyl groups excluding tert-OH is 1. The minimum absolute atomic E-state index is 0.0733. The van der Waals surface area contributed by atoms with E-state index in [-0.39, 0.29) is 12.1 Å². The molecule has 0 amide bonds. The smallest absolute Gasteiger partial charge is 0.276 e. The van der Waals surface area contributed by atoms with Gasteiger partial charge in [0.2, 0.25) is 0 Å². The number of benzene rings is 2. The normalized spacial score (nSPS) is 12.1. The Morgan fingerprint density at radius 1 is 1.03 bits per heavy atom. The van der Waals surface area contributed by atoms with E-state index >= 15 is 0 Å². The van der Waals surface area contributed by atoms with E-state index in [2.05, 4.69) is 5.10 Å². The first-order valence-electron chi connectivity index (χ1n) is 9.56. The van der Waals surface area contributed by atoms with Crippen LogP contribution in [0.2, 0.25) is 0 Å². The Balaban J connectivity index is 1.68. The summed E-state index contributed by atoms with van der Waals surface area (Å²) < 4.78 is 13.6. The monoisotopic (exact) mass is 405 g/mol. The van der Waals surface area contributed by atoms with E-state index in [0.717, 1.165) is 16.8 Å². The maximum atomic E-state index is 13.0. The van der Waals surface area contributed by atoms with Crippen molar-refractivity contribution in [3.63, 3.8) is 0 Å². The fraction of sp³-hybridized carbons (Fsp3) is 0.217. The van der Waals surface area contributed by atoms with Gasteiger partial charge in [-0.1, -0.05) is 29.8 Å². The number of hydrogen-bond donors (Lipinski definition) is 1. The lowest BCUT2D eigenvalue weighted by Gasteiger charge is -2.17. The molecule has 0 aliphatic heterocycles. The zero-order valence-corrected chi connectivity index (χ0v) is 17.1. The lowest BCUT2D eigenvalue weighted by atomic mass is 10.1. The van der Waals surface area contributed by atoms with Gasteiger partial charge < -0.3 is 19.1 Å². The number of hydrogen-bond acceptors (Lipinski definition) is 5. The van der Waals surface area contributed by atoms with Crippen LogP contribution in [0.3, 0.4) is 0 Å². The molecule has 1 N–H and O–H groups in total. The Morgan fingerprint density at radius 3 is 2.50 bits per heavy atom. The molecular formula is C23H23N3O4. The van der Waals surface area contributed by atoms with E-state index in [1.54, 1.807) is 48.3 Å². The molecule has 0 saturated carbocycles. The minimum atomic E-state index is -0.949. The number of methoxy groups -OCH3 is 2. The molecule has 2 aromatic carbocycles. The number of aliphatic hydroxyl groups is 1. The van der Waals surface area contributed by atoms with Crippen LogP contribution in [-0.2, 0) is 6.54 Å². The Hall–Kier alpha value is -3.58. The molecule has 0 radical (unpaired) electrons. The fourth-order valence-corrected chi connectivity index (χ4v) is 3.42. The molecule has 7 nitrogen and oxygen atoms in total. The zero-order valence-electron chi connectivity index (χ0n) is 17.1. The number of fused-ring (bicyclic) bond motifs is 1. The number of aryl methyl sites for hydroxylation is 1. The predicted octanol–water partition coefficient (Wildman–Crippen LogP) is 3.22. The molecule has 30 heavy (non-hydrogen) atoms. The SMILES string of the molecule is COc1ccc(OC)c([C@@H](O)Cn2ccn3nc(-c4ccc(C)cc4)cc3c2=O)c1. The average Bonchev–Trinajstić information content (AvgIpc) is 3.21. The van der Waals surface area contributed by atoms with Crippen LogP contribution in [0, 0.1) is 6.92 Å². The second kappa shape index (κ2) is 8.04. The van der Waals surface area contributed by atoms with Gasteiger partial charge >= 0.3 is 0 Å². The topological polar surface area (TPSA) is 78.0 Å². The summed E-state index contributed by atoms with van der Waals surface area (Å²) >= 11 is 0. The maximum absolute atomic E-state index is 13.0. The standard InChI is InChI=1S/C23H23N3O4/c1-15-4-6-16(7-5-15)19-13-20-23(28)25(10-11-26(20)24-19)14-21(27)18-12-17(29-2)8-9-22(18)30-3/h4-13,21,27H,14H2,1-3H3/t21-/m0/s1. The fourth-order valence-electron chi connectivity index (χ4n) is 3.42. The first kappa shape index (κ1) is 19.7. The van der Waals surface area contributed by atoms with Crippen LogP contribution in [0.25, 0.3) is 16.8 Å². The predicted molar refractivity (Wildman–Crippen MR) is 114 cm³/mol.